The fourth-order valence-electron chi connectivity index (χ4n) is 2.75. The van der Waals surface area contributed by atoms with Crippen LogP contribution in [0, 0.1) is 0 Å². The van der Waals surface area contributed by atoms with E-state index in [1.165, 1.54) is 12.8 Å². The van der Waals surface area contributed by atoms with Crippen molar-refractivity contribution in [2.45, 2.75) is 37.8 Å². The number of nitrogens with zero attached hydrogens (tertiary/aromatic N) is 1. The molecule has 5 heteroatoms. The Hall–Kier alpha value is -1.26. The minimum Gasteiger partial charge on any atom is -0.399 e. The topological polar surface area (TPSA) is 58.4 Å². The van der Waals surface area contributed by atoms with Gasteiger partial charge in [-0.3, -0.25) is 4.79 Å². The normalized spacial score (nSPS) is 20.2. The minimum atomic E-state index is 0. The smallest absolute Gasteiger partial charge is 0.251 e. The number of nitrogens with two attached hydrogens (primary N) is 1. The summed E-state index contributed by atoms with van der Waals surface area (Å²) in [7, 11) is 0. The Labute approximate surface area is 126 Å². The molecule has 3 rings (SSSR count). The second kappa shape index (κ2) is 6.46. The Kier molecular flexibility index (Phi) is 4.89. The molecule has 1 saturated carbocycles. The molecule has 0 aromatic heterocycles. The fourth-order valence-corrected chi connectivity index (χ4v) is 2.75. The number of benzene rings is 1. The molecule has 1 aliphatic heterocycles. The van der Waals surface area contributed by atoms with Gasteiger partial charge in [-0.05, 0) is 49.9 Å². The van der Waals surface area contributed by atoms with Crippen molar-refractivity contribution in [2.75, 3.05) is 18.8 Å². The summed E-state index contributed by atoms with van der Waals surface area (Å²) >= 11 is 0. The number of hydrogen-bond acceptors (Lipinski definition) is 3. The second-order valence-corrected chi connectivity index (χ2v) is 5.64. The summed E-state index contributed by atoms with van der Waals surface area (Å²) < 4.78 is 0. The van der Waals surface area contributed by atoms with E-state index in [2.05, 4.69) is 10.2 Å². The average Bonchev–Trinajstić information content (AvgIpc) is 3.25. The molecule has 1 saturated heterocycles. The highest BCUT2D eigenvalue weighted by Gasteiger charge is 2.32. The zero-order chi connectivity index (χ0) is 13.2. The first-order chi connectivity index (χ1) is 9.22. The van der Waals surface area contributed by atoms with Crippen LogP contribution in [0.5, 0.6) is 0 Å². The van der Waals surface area contributed by atoms with Gasteiger partial charge in [0.1, 0.15) is 0 Å². The largest absolute Gasteiger partial charge is 0.399 e. The molecule has 3 N–H and O–H groups in total. The van der Waals surface area contributed by atoms with Gasteiger partial charge in [-0.25, -0.2) is 0 Å². The van der Waals surface area contributed by atoms with Crippen molar-refractivity contribution < 1.29 is 4.79 Å². The van der Waals surface area contributed by atoms with Crippen LogP contribution >= 0.6 is 12.4 Å². The van der Waals surface area contributed by atoms with Crippen LogP contribution in [0.3, 0.4) is 0 Å². The second-order valence-electron chi connectivity index (χ2n) is 5.64. The first-order valence-electron chi connectivity index (χ1n) is 7.13. The number of likely N-dealkylation sites (tertiary alicyclic amines) is 1. The molecule has 1 heterocycles. The average molecular weight is 296 g/mol. The predicted molar refractivity (Wildman–Crippen MR) is 83.2 cm³/mol. The number of anilines is 1. The van der Waals surface area contributed by atoms with Crippen LogP contribution in [0.15, 0.2) is 24.3 Å². The Morgan fingerprint density at radius 2 is 1.70 bits per heavy atom. The summed E-state index contributed by atoms with van der Waals surface area (Å²) in [6, 6.07) is 8.26. The number of carbonyl (C=O) groups excluding carboxylic acids is 1. The maximum absolute atomic E-state index is 12.1. The molecule has 20 heavy (non-hydrogen) atoms. The molecule has 1 amide bonds. The lowest BCUT2D eigenvalue weighted by Crippen LogP contribution is -2.45. The van der Waals surface area contributed by atoms with E-state index in [-0.39, 0.29) is 18.3 Å². The van der Waals surface area contributed by atoms with Crippen LogP contribution in [-0.2, 0) is 0 Å². The molecule has 2 aliphatic rings. The zero-order valence-corrected chi connectivity index (χ0v) is 12.4. The Morgan fingerprint density at radius 1 is 1.10 bits per heavy atom. The quantitative estimate of drug-likeness (QED) is 0.839. The summed E-state index contributed by atoms with van der Waals surface area (Å²) in [5.74, 6) is 0.0184. The van der Waals surface area contributed by atoms with E-state index >= 15 is 0 Å². The van der Waals surface area contributed by atoms with Gasteiger partial charge < -0.3 is 16.0 Å². The van der Waals surface area contributed by atoms with Gasteiger partial charge in [-0.1, -0.05) is 0 Å². The molecule has 1 aromatic rings. The van der Waals surface area contributed by atoms with Gasteiger partial charge in [0.05, 0.1) is 0 Å². The minimum absolute atomic E-state index is 0. The van der Waals surface area contributed by atoms with Gasteiger partial charge in [0.2, 0.25) is 0 Å². The highest BCUT2D eigenvalue weighted by Crippen LogP contribution is 2.29. The van der Waals surface area contributed by atoms with E-state index in [0.717, 1.165) is 32.0 Å². The molecule has 0 unspecified atom stereocenters. The van der Waals surface area contributed by atoms with E-state index in [4.69, 9.17) is 5.73 Å². The highest BCUT2D eigenvalue weighted by atomic mass is 35.5. The van der Waals surface area contributed by atoms with Gasteiger partial charge in [0.25, 0.3) is 5.91 Å². The van der Waals surface area contributed by atoms with Crippen LogP contribution in [0.4, 0.5) is 5.69 Å². The lowest BCUT2D eigenvalue weighted by molar-refractivity contribution is 0.0909. The van der Waals surface area contributed by atoms with Crippen molar-refractivity contribution in [3.63, 3.8) is 0 Å². The molecule has 0 bridgehead atoms. The third-order valence-corrected chi connectivity index (χ3v) is 4.10. The van der Waals surface area contributed by atoms with Gasteiger partial charge in [-0.15, -0.1) is 12.4 Å². The number of rotatable bonds is 3. The SMILES string of the molecule is Cl.Nc1ccc(C(=O)NC2CCN(C3CC3)CC2)cc1. The van der Waals surface area contributed by atoms with Crippen LogP contribution in [-0.4, -0.2) is 36.0 Å². The monoisotopic (exact) mass is 295 g/mol. The van der Waals surface area contributed by atoms with E-state index in [0.29, 0.717) is 17.3 Å². The molecule has 2 fully saturated rings. The van der Waals surface area contributed by atoms with Crippen LogP contribution in [0.1, 0.15) is 36.0 Å². The predicted octanol–water partition coefficient (Wildman–Crippen LogP) is 2.05. The first kappa shape index (κ1) is 15.1. The van der Waals surface area contributed by atoms with Crippen molar-refractivity contribution in [1.29, 1.82) is 0 Å². The van der Waals surface area contributed by atoms with E-state index in [1.54, 1.807) is 24.3 Å². The molecule has 0 spiro atoms. The van der Waals surface area contributed by atoms with Crippen LogP contribution in [0.25, 0.3) is 0 Å². The third kappa shape index (κ3) is 3.64. The number of amides is 1. The number of hydrogen-bond donors (Lipinski definition) is 2. The van der Waals surface area contributed by atoms with Crippen molar-refractivity contribution >= 4 is 24.0 Å². The fraction of sp³-hybridized carbons (Fsp3) is 0.533. The summed E-state index contributed by atoms with van der Waals surface area (Å²) in [6.45, 7) is 2.24. The van der Waals surface area contributed by atoms with E-state index < -0.39 is 0 Å². The summed E-state index contributed by atoms with van der Waals surface area (Å²) in [5, 5.41) is 3.13. The molecule has 4 nitrogen and oxygen atoms in total. The Balaban J connectivity index is 0.00000147. The third-order valence-electron chi connectivity index (χ3n) is 4.10. The number of nitrogen functional groups attached to an aromatic ring is 1. The molecule has 0 atom stereocenters. The molecule has 110 valence electrons. The van der Waals surface area contributed by atoms with Gasteiger partial charge >= 0.3 is 0 Å². The maximum Gasteiger partial charge on any atom is 0.251 e. The Bertz CT molecular complexity index is 451. The molecular formula is C15H22ClN3O. The van der Waals surface area contributed by atoms with Gasteiger partial charge in [0, 0.05) is 36.4 Å². The van der Waals surface area contributed by atoms with Crippen molar-refractivity contribution in [2.24, 2.45) is 0 Å². The standard InChI is InChI=1S/C15H21N3O.ClH/c16-12-3-1-11(2-4-12)15(19)17-13-7-9-18(10-8-13)14-5-6-14;/h1-4,13-14H,5-10,16H2,(H,17,19);1H. The van der Waals surface area contributed by atoms with E-state index in [9.17, 15) is 4.79 Å². The highest BCUT2D eigenvalue weighted by molar-refractivity contribution is 5.94. The number of nitrogens with one attached hydrogen (secondary N) is 1. The van der Waals surface area contributed by atoms with Crippen LogP contribution < -0.4 is 11.1 Å². The van der Waals surface area contributed by atoms with E-state index in [1.807, 2.05) is 0 Å². The number of piperidine rings is 1. The zero-order valence-electron chi connectivity index (χ0n) is 11.5. The molecule has 0 radical (unpaired) electrons. The number of halogens is 1. The summed E-state index contributed by atoms with van der Waals surface area (Å²) in [5.41, 5.74) is 7.01. The van der Waals surface area contributed by atoms with Crippen molar-refractivity contribution in [3.8, 4) is 0 Å². The first-order valence-corrected chi connectivity index (χ1v) is 7.13. The van der Waals surface area contributed by atoms with Crippen molar-refractivity contribution in [1.82, 2.24) is 10.2 Å². The lowest BCUT2D eigenvalue weighted by Gasteiger charge is -2.32. The summed E-state index contributed by atoms with van der Waals surface area (Å²) in [6.07, 6.45) is 4.86. The lowest BCUT2D eigenvalue weighted by atomic mass is 10.0. The summed E-state index contributed by atoms with van der Waals surface area (Å²) in [4.78, 5) is 14.6. The molecule has 1 aromatic carbocycles. The Morgan fingerprint density at radius 3 is 2.25 bits per heavy atom. The number of carbonyl (C=O) groups is 1. The molecule has 1 aliphatic carbocycles. The molecular weight excluding hydrogens is 274 g/mol. The maximum atomic E-state index is 12.1. The van der Waals surface area contributed by atoms with Gasteiger partial charge in [-0.2, -0.15) is 0 Å². The van der Waals surface area contributed by atoms with Crippen molar-refractivity contribution in [3.05, 3.63) is 29.8 Å². The van der Waals surface area contributed by atoms with Gasteiger partial charge in [0.15, 0.2) is 0 Å². The van der Waals surface area contributed by atoms with Crippen LogP contribution in [0.2, 0.25) is 0 Å².